The summed E-state index contributed by atoms with van der Waals surface area (Å²) in [6, 6.07) is 0. The van der Waals surface area contributed by atoms with Gasteiger partial charge in [-0.25, -0.2) is 0 Å². The molecule has 26 heavy (non-hydrogen) atoms. The highest BCUT2D eigenvalue weighted by atomic mass is 16.6. The van der Waals surface area contributed by atoms with Crippen LogP contribution in [0.25, 0.3) is 0 Å². The average molecular weight is 375 g/mol. The molecule has 154 valence electrons. The van der Waals surface area contributed by atoms with Crippen molar-refractivity contribution in [1.29, 1.82) is 0 Å². The Morgan fingerprint density at radius 3 is 1.69 bits per heavy atom. The van der Waals surface area contributed by atoms with Crippen LogP contribution in [0.15, 0.2) is 0 Å². The maximum atomic E-state index is 11.6. The van der Waals surface area contributed by atoms with Gasteiger partial charge in [0.05, 0.1) is 0 Å². The van der Waals surface area contributed by atoms with Crippen LogP contribution in [0, 0.1) is 0 Å². The molecule has 6 nitrogen and oxygen atoms in total. The van der Waals surface area contributed by atoms with E-state index in [1.54, 1.807) is 0 Å². The van der Waals surface area contributed by atoms with E-state index in [9.17, 15) is 14.7 Å². The van der Waals surface area contributed by atoms with Crippen molar-refractivity contribution >= 4 is 11.9 Å². The molecule has 0 fully saturated rings. The van der Waals surface area contributed by atoms with Crippen LogP contribution in [-0.4, -0.2) is 40.2 Å². The fraction of sp³-hybridized carbons (Fsp3) is 0.900. The van der Waals surface area contributed by atoms with Gasteiger partial charge in [0.2, 0.25) is 6.29 Å². The standard InChI is InChI=1S/C20H38O6/c21-17-13-9-5-1-2-7-11-15-19(24)26-20(25)16-12-8-4-3-6-10-14-18(22)23/h19,21,24H,1-17H2,(H,22,23). The summed E-state index contributed by atoms with van der Waals surface area (Å²) in [5, 5.41) is 26.9. The molecule has 0 saturated heterocycles. The second-order valence-corrected chi connectivity index (χ2v) is 6.95. The molecule has 1 unspecified atom stereocenters. The summed E-state index contributed by atoms with van der Waals surface area (Å²) in [6.45, 7) is 0.268. The zero-order valence-electron chi connectivity index (χ0n) is 16.2. The predicted octanol–water partition coefficient (Wildman–Crippen LogP) is 4.17. The van der Waals surface area contributed by atoms with E-state index in [0.717, 1.165) is 77.0 Å². The first-order valence-corrected chi connectivity index (χ1v) is 10.3. The molecule has 0 aliphatic heterocycles. The highest BCUT2D eigenvalue weighted by Crippen LogP contribution is 2.12. The Bertz CT molecular complexity index is 345. The van der Waals surface area contributed by atoms with Crippen molar-refractivity contribution < 1.29 is 29.6 Å². The molecule has 0 aromatic heterocycles. The molecule has 0 saturated carbocycles. The van der Waals surface area contributed by atoms with Crippen molar-refractivity contribution in [3.8, 4) is 0 Å². The smallest absolute Gasteiger partial charge is 0.308 e. The quantitative estimate of drug-likeness (QED) is 0.178. The van der Waals surface area contributed by atoms with Crippen LogP contribution in [0.2, 0.25) is 0 Å². The van der Waals surface area contributed by atoms with Crippen LogP contribution in [-0.2, 0) is 14.3 Å². The first-order chi connectivity index (χ1) is 12.6. The molecule has 0 amide bonds. The van der Waals surface area contributed by atoms with E-state index < -0.39 is 12.3 Å². The number of aliphatic hydroxyl groups excluding tert-OH is 2. The maximum absolute atomic E-state index is 11.6. The van der Waals surface area contributed by atoms with Crippen LogP contribution < -0.4 is 0 Å². The average Bonchev–Trinajstić information content (AvgIpc) is 2.59. The van der Waals surface area contributed by atoms with Gasteiger partial charge in [-0.2, -0.15) is 0 Å². The number of hydrogen-bond acceptors (Lipinski definition) is 5. The van der Waals surface area contributed by atoms with Gasteiger partial charge >= 0.3 is 11.9 Å². The molecule has 0 aliphatic carbocycles. The molecule has 0 spiro atoms. The lowest BCUT2D eigenvalue weighted by atomic mass is 10.1. The van der Waals surface area contributed by atoms with Crippen molar-refractivity contribution in [2.24, 2.45) is 0 Å². The number of esters is 1. The summed E-state index contributed by atoms with van der Waals surface area (Å²) in [7, 11) is 0. The third-order valence-electron chi connectivity index (χ3n) is 4.40. The van der Waals surface area contributed by atoms with Gasteiger partial charge in [-0.05, 0) is 25.7 Å². The van der Waals surface area contributed by atoms with E-state index in [4.69, 9.17) is 14.9 Å². The fourth-order valence-electron chi connectivity index (χ4n) is 2.84. The van der Waals surface area contributed by atoms with E-state index in [1.165, 1.54) is 0 Å². The molecule has 1 atom stereocenters. The Hall–Kier alpha value is -1.14. The number of aliphatic carboxylic acids is 1. The third-order valence-corrected chi connectivity index (χ3v) is 4.40. The number of rotatable bonds is 19. The van der Waals surface area contributed by atoms with Gasteiger partial charge in [-0.1, -0.05) is 57.8 Å². The second-order valence-electron chi connectivity index (χ2n) is 6.95. The van der Waals surface area contributed by atoms with E-state index >= 15 is 0 Å². The molecule has 0 bridgehead atoms. The van der Waals surface area contributed by atoms with Gasteiger partial charge in [0.25, 0.3) is 0 Å². The van der Waals surface area contributed by atoms with E-state index in [0.29, 0.717) is 19.3 Å². The molecule has 0 heterocycles. The number of hydrogen-bond donors (Lipinski definition) is 3. The van der Waals surface area contributed by atoms with Crippen molar-refractivity contribution in [3.05, 3.63) is 0 Å². The van der Waals surface area contributed by atoms with Crippen LogP contribution >= 0.6 is 0 Å². The molecule has 0 radical (unpaired) electrons. The Labute approximate surface area is 157 Å². The highest BCUT2D eigenvalue weighted by Gasteiger charge is 2.10. The number of unbranched alkanes of at least 4 members (excludes halogenated alkanes) is 11. The third kappa shape index (κ3) is 19.2. The Morgan fingerprint density at radius 1 is 0.692 bits per heavy atom. The summed E-state index contributed by atoms with van der Waals surface area (Å²) in [5.41, 5.74) is 0. The van der Waals surface area contributed by atoms with Crippen LogP contribution in [0.5, 0.6) is 0 Å². The summed E-state index contributed by atoms with van der Waals surface area (Å²) in [4.78, 5) is 22.0. The predicted molar refractivity (Wildman–Crippen MR) is 101 cm³/mol. The van der Waals surface area contributed by atoms with Crippen LogP contribution in [0.1, 0.15) is 103 Å². The molecule has 0 aromatic carbocycles. The van der Waals surface area contributed by atoms with Gasteiger partial charge < -0.3 is 20.1 Å². The summed E-state index contributed by atoms with van der Waals surface area (Å²) < 4.78 is 5.01. The van der Waals surface area contributed by atoms with Crippen LogP contribution in [0.3, 0.4) is 0 Å². The normalized spacial score (nSPS) is 12.1. The lowest BCUT2D eigenvalue weighted by Crippen LogP contribution is -2.17. The zero-order chi connectivity index (χ0) is 19.5. The van der Waals surface area contributed by atoms with Crippen molar-refractivity contribution in [1.82, 2.24) is 0 Å². The van der Waals surface area contributed by atoms with Gasteiger partial charge in [0, 0.05) is 25.9 Å². The number of carboxylic acids is 1. The Balaban J connectivity index is 3.36. The van der Waals surface area contributed by atoms with E-state index in [1.807, 2.05) is 0 Å². The topological polar surface area (TPSA) is 104 Å². The number of ether oxygens (including phenoxy) is 1. The number of aliphatic hydroxyl groups is 2. The minimum absolute atomic E-state index is 0.230. The molecule has 0 aromatic rings. The van der Waals surface area contributed by atoms with Gasteiger partial charge in [-0.15, -0.1) is 0 Å². The van der Waals surface area contributed by atoms with E-state index in [-0.39, 0.29) is 19.0 Å². The van der Waals surface area contributed by atoms with Crippen molar-refractivity contribution in [3.63, 3.8) is 0 Å². The molecular formula is C20H38O6. The number of carbonyl (C=O) groups excluding carboxylic acids is 1. The number of carboxylic acid groups (broad SMARTS) is 1. The minimum atomic E-state index is -0.993. The molecule has 0 aliphatic rings. The first-order valence-electron chi connectivity index (χ1n) is 10.3. The van der Waals surface area contributed by atoms with Crippen molar-refractivity contribution in [2.45, 2.75) is 109 Å². The molecule has 0 rings (SSSR count). The Morgan fingerprint density at radius 2 is 1.15 bits per heavy atom. The second kappa shape index (κ2) is 18.6. The largest absolute Gasteiger partial charge is 0.481 e. The summed E-state index contributed by atoms with van der Waals surface area (Å²) in [6.07, 6.45) is 12.6. The van der Waals surface area contributed by atoms with Gasteiger partial charge in [0.15, 0.2) is 0 Å². The maximum Gasteiger partial charge on any atom is 0.308 e. The van der Waals surface area contributed by atoms with Gasteiger partial charge in [-0.3, -0.25) is 9.59 Å². The SMILES string of the molecule is O=C(O)CCCCCCCCC(=O)OC(O)CCCCCCCCCO. The summed E-state index contributed by atoms with van der Waals surface area (Å²) in [5.74, 6) is -1.09. The molecule has 6 heteroatoms. The minimum Gasteiger partial charge on any atom is -0.481 e. The lowest BCUT2D eigenvalue weighted by molar-refractivity contribution is -0.169. The summed E-state index contributed by atoms with van der Waals surface area (Å²) >= 11 is 0. The molecular weight excluding hydrogens is 336 g/mol. The molecule has 3 N–H and O–H groups in total. The van der Waals surface area contributed by atoms with Gasteiger partial charge in [0.1, 0.15) is 0 Å². The van der Waals surface area contributed by atoms with Crippen LogP contribution in [0.4, 0.5) is 0 Å². The fourth-order valence-corrected chi connectivity index (χ4v) is 2.84. The monoisotopic (exact) mass is 374 g/mol. The van der Waals surface area contributed by atoms with Crippen molar-refractivity contribution in [2.75, 3.05) is 6.61 Å². The number of carbonyl (C=O) groups is 2. The first kappa shape index (κ1) is 24.9. The highest BCUT2D eigenvalue weighted by molar-refractivity contribution is 5.69. The lowest BCUT2D eigenvalue weighted by Gasteiger charge is -2.12. The zero-order valence-corrected chi connectivity index (χ0v) is 16.2. The Kier molecular flexibility index (Phi) is 17.8. The van der Waals surface area contributed by atoms with E-state index in [2.05, 4.69) is 0 Å².